The summed E-state index contributed by atoms with van der Waals surface area (Å²) in [6, 6.07) is 3.96. The van der Waals surface area contributed by atoms with E-state index < -0.39 is 11.9 Å². The average Bonchev–Trinajstić information content (AvgIpc) is 2.69. The van der Waals surface area contributed by atoms with Crippen LogP contribution in [0.3, 0.4) is 0 Å². The maximum absolute atomic E-state index is 13.3. The summed E-state index contributed by atoms with van der Waals surface area (Å²) in [6.45, 7) is 5.78. The fraction of sp³-hybridized carbons (Fsp3) is 0.474. The molecule has 10 heteroatoms. The van der Waals surface area contributed by atoms with Gasteiger partial charge >= 0.3 is 0 Å². The maximum atomic E-state index is 13.3. The molecule has 2 unspecified atom stereocenters. The Morgan fingerprint density at radius 3 is 2.86 bits per heavy atom. The third-order valence-electron chi connectivity index (χ3n) is 4.53. The van der Waals surface area contributed by atoms with Crippen molar-refractivity contribution in [2.45, 2.75) is 31.9 Å². The van der Waals surface area contributed by atoms with Crippen LogP contribution in [0, 0.1) is 5.82 Å². The van der Waals surface area contributed by atoms with E-state index in [9.17, 15) is 14.0 Å². The van der Waals surface area contributed by atoms with E-state index in [0.29, 0.717) is 18.5 Å². The summed E-state index contributed by atoms with van der Waals surface area (Å²) in [5.41, 5.74) is 0.520. The lowest BCUT2D eigenvalue weighted by Crippen LogP contribution is -2.47. The van der Waals surface area contributed by atoms with Crippen LogP contribution < -0.4 is 10.1 Å². The average molecular weight is 430 g/mol. The number of likely N-dealkylation sites (N-methyl/N-ethyl adjacent to an activating group) is 1. The summed E-state index contributed by atoms with van der Waals surface area (Å²) in [6.07, 6.45) is 0.129. The van der Waals surface area contributed by atoms with Crippen molar-refractivity contribution >= 4 is 23.4 Å². The van der Waals surface area contributed by atoms with Crippen LogP contribution in [-0.4, -0.2) is 61.2 Å². The monoisotopic (exact) mass is 429 g/mol. The smallest absolute Gasteiger partial charge is 0.259 e. The SMILES string of the molecule is C=C(CCNC(=O)COc1ccc(Cl)c(F)c1)N(C)C(=O)C1CC(C)N(C)OO1. The highest BCUT2D eigenvalue weighted by Crippen LogP contribution is 2.21. The third kappa shape index (κ3) is 6.67. The molecule has 1 aliphatic rings. The molecule has 29 heavy (non-hydrogen) atoms. The highest BCUT2D eigenvalue weighted by Gasteiger charge is 2.33. The Bertz CT molecular complexity index is 763. The molecule has 0 bridgehead atoms. The first kappa shape index (κ1) is 23.1. The van der Waals surface area contributed by atoms with E-state index in [-0.39, 0.29) is 41.8 Å². The van der Waals surface area contributed by atoms with Crippen LogP contribution in [-0.2, 0) is 19.5 Å². The van der Waals surface area contributed by atoms with Gasteiger partial charge in [-0.05, 0) is 19.1 Å². The molecule has 2 amide bonds. The topological polar surface area (TPSA) is 80.3 Å². The second-order valence-corrected chi connectivity index (χ2v) is 7.13. The van der Waals surface area contributed by atoms with Gasteiger partial charge in [0.1, 0.15) is 11.6 Å². The fourth-order valence-electron chi connectivity index (χ4n) is 2.49. The van der Waals surface area contributed by atoms with Crippen LogP contribution >= 0.6 is 11.6 Å². The molecular formula is C19H25ClFN3O5. The molecule has 0 aliphatic carbocycles. The Hall–Kier alpha value is -2.20. The van der Waals surface area contributed by atoms with E-state index in [4.69, 9.17) is 26.2 Å². The van der Waals surface area contributed by atoms with Gasteiger partial charge in [-0.2, -0.15) is 5.06 Å². The Morgan fingerprint density at radius 1 is 1.48 bits per heavy atom. The second kappa shape index (κ2) is 10.5. The van der Waals surface area contributed by atoms with Gasteiger partial charge in [0, 0.05) is 51.3 Å². The molecule has 1 saturated heterocycles. The minimum absolute atomic E-state index is 0.0225. The lowest BCUT2D eigenvalue weighted by molar-refractivity contribution is -0.465. The van der Waals surface area contributed by atoms with E-state index in [0.717, 1.165) is 6.07 Å². The Balaban J connectivity index is 1.70. The summed E-state index contributed by atoms with van der Waals surface area (Å²) in [5.74, 6) is -1.08. The number of hydroxylamine groups is 2. The zero-order valence-corrected chi connectivity index (χ0v) is 17.4. The molecule has 1 aromatic rings. The number of carbonyl (C=O) groups is 2. The highest BCUT2D eigenvalue weighted by molar-refractivity contribution is 6.30. The van der Waals surface area contributed by atoms with Gasteiger partial charge in [0.25, 0.3) is 11.8 Å². The zero-order valence-electron chi connectivity index (χ0n) is 16.6. The number of carbonyl (C=O) groups excluding carboxylic acids is 2. The van der Waals surface area contributed by atoms with Crippen LogP contribution in [0.25, 0.3) is 0 Å². The zero-order chi connectivity index (χ0) is 21.6. The number of nitrogens with zero attached hydrogens (tertiary/aromatic N) is 2. The number of hydrogen-bond donors (Lipinski definition) is 1. The standard InChI is InChI=1S/C19H25ClFN3O5/c1-12(23(3)19(26)17-9-13(2)24(4)29-28-17)7-8-22-18(25)11-27-14-5-6-15(20)16(21)10-14/h5-6,10,13,17H,1,7-9,11H2,2-4H3,(H,22,25). The van der Waals surface area contributed by atoms with Crippen molar-refractivity contribution in [3.8, 4) is 5.75 Å². The minimum atomic E-state index is -0.717. The van der Waals surface area contributed by atoms with Gasteiger partial charge in [-0.1, -0.05) is 18.2 Å². The van der Waals surface area contributed by atoms with Crippen molar-refractivity contribution in [1.82, 2.24) is 15.3 Å². The van der Waals surface area contributed by atoms with E-state index in [1.165, 1.54) is 22.1 Å². The Morgan fingerprint density at radius 2 is 2.21 bits per heavy atom. The van der Waals surface area contributed by atoms with Gasteiger partial charge in [-0.25, -0.2) is 9.28 Å². The summed E-state index contributed by atoms with van der Waals surface area (Å²) < 4.78 is 18.6. The molecule has 1 aliphatic heterocycles. The molecule has 1 aromatic carbocycles. The third-order valence-corrected chi connectivity index (χ3v) is 4.84. The van der Waals surface area contributed by atoms with Crippen molar-refractivity contribution < 1.29 is 28.6 Å². The summed E-state index contributed by atoms with van der Waals surface area (Å²) in [5, 5.41) is 4.16. The molecule has 160 valence electrons. The lowest BCUT2D eigenvalue weighted by Gasteiger charge is -2.34. The number of rotatable bonds is 8. The molecule has 1 fully saturated rings. The second-order valence-electron chi connectivity index (χ2n) is 6.72. The predicted molar refractivity (Wildman–Crippen MR) is 104 cm³/mol. The van der Waals surface area contributed by atoms with E-state index in [1.807, 2.05) is 6.92 Å². The molecule has 2 atom stereocenters. The Kier molecular flexibility index (Phi) is 8.39. The van der Waals surface area contributed by atoms with Crippen molar-refractivity contribution in [3.63, 3.8) is 0 Å². The molecule has 1 heterocycles. The van der Waals surface area contributed by atoms with Crippen molar-refractivity contribution in [2.24, 2.45) is 0 Å². The minimum Gasteiger partial charge on any atom is -0.484 e. The molecule has 0 radical (unpaired) electrons. The van der Waals surface area contributed by atoms with E-state index in [2.05, 4.69) is 11.9 Å². The number of halogens is 2. The first-order valence-corrected chi connectivity index (χ1v) is 9.43. The fourth-order valence-corrected chi connectivity index (χ4v) is 2.60. The van der Waals surface area contributed by atoms with Crippen molar-refractivity contribution in [1.29, 1.82) is 0 Å². The number of ether oxygens (including phenoxy) is 1. The largest absolute Gasteiger partial charge is 0.484 e. The molecule has 0 saturated carbocycles. The van der Waals surface area contributed by atoms with Gasteiger partial charge < -0.3 is 15.0 Å². The van der Waals surface area contributed by atoms with Crippen molar-refractivity contribution in [3.05, 3.63) is 41.3 Å². The van der Waals surface area contributed by atoms with Crippen LogP contribution in [0.1, 0.15) is 19.8 Å². The van der Waals surface area contributed by atoms with Gasteiger partial charge in [0.05, 0.1) is 5.02 Å². The van der Waals surface area contributed by atoms with Crippen LogP contribution in [0.5, 0.6) is 5.75 Å². The lowest BCUT2D eigenvalue weighted by atomic mass is 10.1. The summed E-state index contributed by atoms with van der Waals surface area (Å²) >= 11 is 5.59. The predicted octanol–water partition coefficient (Wildman–Crippen LogP) is 2.29. The summed E-state index contributed by atoms with van der Waals surface area (Å²) in [7, 11) is 3.32. The normalized spacial score (nSPS) is 19.5. The maximum Gasteiger partial charge on any atom is 0.259 e. The number of amides is 2. The number of benzene rings is 1. The van der Waals surface area contributed by atoms with E-state index in [1.54, 1.807) is 14.1 Å². The number of nitrogens with one attached hydrogen (secondary N) is 1. The molecule has 1 N–H and O–H groups in total. The molecular weight excluding hydrogens is 405 g/mol. The summed E-state index contributed by atoms with van der Waals surface area (Å²) in [4.78, 5) is 35.8. The first-order valence-electron chi connectivity index (χ1n) is 9.05. The quantitative estimate of drug-likeness (QED) is 0.639. The molecule has 8 nitrogen and oxygen atoms in total. The highest BCUT2D eigenvalue weighted by atomic mass is 35.5. The Labute approximate surface area is 174 Å². The van der Waals surface area contributed by atoms with Crippen LogP contribution in [0.2, 0.25) is 5.02 Å². The van der Waals surface area contributed by atoms with Crippen LogP contribution in [0.15, 0.2) is 30.5 Å². The molecule has 0 aromatic heterocycles. The number of hydrogen-bond acceptors (Lipinski definition) is 6. The van der Waals surface area contributed by atoms with Gasteiger partial charge in [-0.3, -0.25) is 9.59 Å². The van der Waals surface area contributed by atoms with Gasteiger partial charge in [-0.15, -0.1) is 4.99 Å². The first-order chi connectivity index (χ1) is 13.7. The van der Waals surface area contributed by atoms with Gasteiger partial charge in [0.15, 0.2) is 12.7 Å². The molecule has 0 spiro atoms. The van der Waals surface area contributed by atoms with Gasteiger partial charge in [0.2, 0.25) is 0 Å². The van der Waals surface area contributed by atoms with Crippen molar-refractivity contribution in [2.75, 3.05) is 27.2 Å². The van der Waals surface area contributed by atoms with Crippen LogP contribution in [0.4, 0.5) is 4.39 Å². The van der Waals surface area contributed by atoms with E-state index >= 15 is 0 Å². The molecule has 2 rings (SSSR count).